The molecule has 1 N–H and O–H groups in total. The van der Waals surface area contributed by atoms with Gasteiger partial charge in [-0.3, -0.25) is 14.6 Å². The maximum Gasteiger partial charge on any atom is 0.245 e. The fourth-order valence-electron chi connectivity index (χ4n) is 2.02. The Morgan fingerprint density at radius 3 is 3.00 bits per heavy atom. The summed E-state index contributed by atoms with van der Waals surface area (Å²) in [5.74, 6) is -0.123. The van der Waals surface area contributed by atoms with Gasteiger partial charge in [0.25, 0.3) is 0 Å². The van der Waals surface area contributed by atoms with E-state index in [1.165, 1.54) is 0 Å². The van der Waals surface area contributed by atoms with Crippen molar-refractivity contribution in [2.45, 2.75) is 32.9 Å². The van der Waals surface area contributed by atoms with Gasteiger partial charge in [0.05, 0.1) is 12.2 Å². The highest BCUT2D eigenvalue weighted by atomic mass is 16.2. The van der Waals surface area contributed by atoms with E-state index in [0.717, 1.165) is 11.3 Å². The summed E-state index contributed by atoms with van der Waals surface area (Å²) in [4.78, 5) is 29.5. The Morgan fingerprint density at radius 2 is 2.28 bits per heavy atom. The largest absolute Gasteiger partial charge is 0.345 e. The summed E-state index contributed by atoms with van der Waals surface area (Å²) in [6.07, 6.45) is 2.07. The zero-order valence-corrected chi connectivity index (χ0v) is 10.6. The van der Waals surface area contributed by atoms with Crippen LogP contribution in [0.15, 0.2) is 18.3 Å². The number of rotatable bonds is 2. The summed E-state index contributed by atoms with van der Waals surface area (Å²) in [6.45, 7) is 4.59. The Labute approximate surface area is 106 Å². The van der Waals surface area contributed by atoms with E-state index >= 15 is 0 Å². The predicted molar refractivity (Wildman–Crippen MR) is 66.6 cm³/mol. The monoisotopic (exact) mass is 247 g/mol. The summed E-state index contributed by atoms with van der Waals surface area (Å²) in [5.41, 5.74) is 1.94. The fourth-order valence-corrected chi connectivity index (χ4v) is 2.02. The third-order valence-electron chi connectivity index (χ3n) is 3.13. The van der Waals surface area contributed by atoms with Gasteiger partial charge in [-0.1, -0.05) is 6.07 Å². The zero-order valence-electron chi connectivity index (χ0n) is 10.6. The van der Waals surface area contributed by atoms with Crippen LogP contribution in [0.2, 0.25) is 0 Å². The highest BCUT2D eigenvalue weighted by molar-refractivity contribution is 5.89. The third-order valence-corrected chi connectivity index (χ3v) is 3.13. The molecule has 1 fully saturated rings. The molecule has 0 spiro atoms. The first-order chi connectivity index (χ1) is 8.58. The molecule has 1 aromatic rings. The van der Waals surface area contributed by atoms with E-state index in [9.17, 15) is 9.59 Å². The Kier molecular flexibility index (Phi) is 3.60. The topological polar surface area (TPSA) is 62.3 Å². The molecule has 5 nitrogen and oxygen atoms in total. The summed E-state index contributed by atoms with van der Waals surface area (Å²) in [5, 5.41) is 2.67. The van der Waals surface area contributed by atoms with Crippen molar-refractivity contribution in [1.29, 1.82) is 0 Å². The van der Waals surface area contributed by atoms with Gasteiger partial charge in [-0.05, 0) is 25.5 Å². The second-order valence-corrected chi connectivity index (χ2v) is 4.57. The van der Waals surface area contributed by atoms with Gasteiger partial charge < -0.3 is 10.2 Å². The first kappa shape index (κ1) is 12.5. The summed E-state index contributed by atoms with van der Waals surface area (Å²) in [6, 6.07) is 3.39. The molecule has 1 aliphatic rings. The van der Waals surface area contributed by atoms with Gasteiger partial charge >= 0.3 is 0 Å². The van der Waals surface area contributed by atoms with Crippen molar-refractivity contribution in [3.8, 4) is 0 Å². The van der Waals surface area contributed by atoms with Crippen molar-refractivity contribution in [3.05, 3.63) is 29.6 Å². The molecular weight excluding hydrogens is 230 g/mol. The molecule has 1 saturated heterocycles. The number of amides is 2. The number of hydrogen-bond donors (Lipinski definition) is 1. The van der Waals surface area contributed by atoms with Crippen LogP contribution >= 0.6 is 0 Å². The van der Waals surface area contributed by atoms with Gasteiger partial charge in [0, 0.05) is 19.2 Å². The van der Waals surface area contributed by atoms with Crippen LogP contribution in [0.4, 0.5) is 0 Å². The molecular formula is C13H17N3O2. The van der Waals surface area contributed by atoms with Crippen molar-refractivity contribution in [3.63, 3.8) is 0 Å². The molecule has 2 heterocycles. The summed E-state index contributed by atoms with van der Waals surface area (Å²) < 4.78 is 0. The molecule has 18 heavy (non-hydrogen) atoms. The van der Waals surface area contributed by atoms with Crippen molar-refractivity contribution in [2.24, 2.45) is 0 Å². The van der Waals surface area contributed by atoms with E-state index in [0.29, 0.717) is 19.5 Å². The summed E-state index contributed by atoms with van der Waals surface area (Å²) >= 11 is 0. The Bertz CT molecular complexity index is 473. The first-order valence-corrected chi connectivity index (χ1v) is 6.06. The van der Waals surface area contributed by atoms with Crippen molar-refractivity contribution in [1.82, 2.24) is 15.2 Å². The van der Waals surface area contributed by atoms with E-state index in [-0.39, 0.29) is 11.8 Å². The summed E-state index contributed by atoms with van der Waals surface area (Å²) in [7, 11) is 0. The van der Waals surface area contributed by atoms with Crippen LogP contribution in [0.3, 0.4) is 0 Å². The highest BCUT2D eigenvalue weighted by Gasteiger charge is 2.26. The van der Waals surface area contributed by atoms with E-state index < -0.39 is 6.04 Å². The van der Waals surface area contributed by atoms with E-state index in [4.69, 9.17) is 0 Å². The Hall–Kier alpha value is -1.91. The standard InChI is InChI=1S/C13H17N3O2/c1-9-4-3-6-14-11(9)8-16-7-5-12(17)15-10(2)13(16)18/h3-4,6,10H,5,7-8H2,1-2H3,(H,15,17). The normalized spacial score (nSPS) is 20.6. The number of nitrogens with zero attached hydrogens (tertiary/aromatic N) is 2. The van der Waals surface area contributed by atoms with Crippen LogP contribution in [0.1, 0.15) is 24.6 Å². The molecule has 2 rings (SSSR count). The van der Waals surface area contributed by atoms with Gasteiger partial charge in [-0.25, -0.2) is 0 Å². The lowest BCUT2D eigenvalue weighted by atomic mass is 10.2. The van der Waals surface area contributed by atoms with Crippen molar-refractivity contribution >= 4 is 11.8 Å². The van der Waals surface area contributed by atoms with Crippen LogP contribution < -0.4 is 5.32 Å². The molecule has 1 aromatic heterocycles. The molecule has 5 heteroatoms. The molecule has 0 aliphatic carbocycles. The second kappa shape index (κ2) is 5.16. The molecule has 0 saturated carbocycles. The number of hydrogen-bond acceptors (Lipinski definition) is 3. The third kappa shape index (κ3) is 2.67. The smallest absolute Gasteiger partial charge is 0.245 e. The van der Waals surface area contributed by atoms with E-state index in [1.54, 1.807) is 18.0 Å². The Morgan fingerprint density at radius 1 is 1.50 bits per heavy atom. The molecule has 96 valence electrons. The average molecular weight is 247 g/mol. The number of aromatic nitrogens is 1. The maximum atomic E-state index is 12.1. The maximum absolute atomic E-state index is 12.1. The van der Waals surface area contributed by atoms with Crippen molar-refractivity contribution < 1.29 is 9.59 Å². The lowest BCUT2D eigenvalue weighted by Crippen LogP contribution is -2.42. The minimum Gasteiger partial charge on any atom is -0.345 e. The molecule has 1 atom stereocenters. The quantitative estimate of drug-likeness (QED) is 0.833. The second-order valence-electron chi connectivity index (χ2n) is 4.57. The Balaban J connectivity index is 2.15. The highest BCUT2D eigenvalue weighted by Crippen LogP contribution is 2.11. The average Bonchev–Trinajstić information content (AvgIpc) is 2.45. The lowest BCUT2D eigenvalue weighted by molar-refractivity contribution is -0.133. The molecule has 2 amide bonds. The van der Waals surface area contributed by atoms with E-state index in [2.05, 4.69) is 10.3 Å². The van der Waals surface area contributed by atoms with E-state index in [1.807, 2.05) is 19.1 Å². The lowest BCUT2D eigenvalue weighted by Gasteiger charge is -2.22. The number of carbonyl (C=O) groups excluding carboxylic acids is 2. The number of aryl methyl sites for hydroxylation is 1. The van der Waals surface area contributed by atoms with Gasteiger partial charge in [0.1, 0.15) is 6.04 Å². The van der Waals surface area contributed by atoms with Gasteiger partial charge in [0.15, 0.2) is 0 Å². The molecule has 1 unspecified atom stereocenters. The molecule has 0 aromatic carbocycles. The minimum absolute atomic E-state index is 0.0501. The van der Waals surface area contributed by atoms with Crippen LogP contribution in [0, 0.1) is 6.92 Å². The molecule has 1 aliphatic heterocycles. The van der Waals surface area contributed by atoms with Gasteiger partial charge in [-0.15, -0.1) is 0 Å². The predicted octanol–water partition coefficient (Wildman–Crippen LogP) is 0.627. The molecule has 0 bridgehead atoms. The van der Waals surface area contributed by atoms with Gasteiger partial charge in [0.2, 0.25) is 11.8 Å². The van der Waals surface area contributed by atoms with Gasteiger partial charge in [-0.2, -0.15) is 0 Å². The molecule has 0 radical (unpaired) electrons. The SMILES string of the molecule is Cc1cccnc1CN1CCC(=O)NC(C)C1=O. The van der Waals surface area contributed by atoms with Crippen LogP contribution in [0.25, 0.3) is 0 Å². The number of nitrogens with one attached hydrogen (secondary N) is 1. The number of pyridine rings is 1. The van der Waals surface area contributed by atoms with Crippen LogP contribution in [-0.2, 0) is 16.1 Å². The number of carbonyl (C=O) groups is 2. The fraction of sp³-hybridized carbons (Fsp3) is 0.462. The van der Waals surface area contributed by atoms with Crippen LogP contribution in [0.5, 0.6) is 0 Å². The first-order valence-electron chi connectivity index (χ1n) is 6.06. The zero-order chi connectivity index (χ0) is 13.1. The van der Waals surface area contributed by atoms with Crippen molar-refractivity contribution in [2.75, 3.05) is 6.54 Å². The minimum atomic E-state index is -0.455. The van der Waals surface area contributed by atoms with Crippen LogP contribution in [-0.4, -0.2) is 34.3 Å².